The van der Waals surface area contributed by atoms with E-state index in [1.165, 1.54) is 0 Å². The van der Waals surface area contributed by atoms with Crippen molar-refractivity contribution in [3.05, 3.63) is 64.8 Å². The van der Waals surface area contributed by atoms with Gasteiger partial charge in [0.1, 0.15) is 17.0 Å². The highest BCUT2D eigenvalue weighted by Gasteiger charge is 2.26. The third kappa shape index (κ3) is 4.45. The maximum atomic E-state index is 10.9. The smallest absolute Gasteiger partial charge is 0.145 e. The van der Waals surface area contributed by atoms with E-state index in [1.807, 2.05) is 30.3 Å². The van der Waals surface area contributed by atoms with Crippen molar-refractivity contribution in [1.29, 1.82) is 0 Å². The number of nitrogens with zero attached hydrogens (tertiary/aromatic N) is 1. The molecule has 0 spiro atoms. The van der Waals surface area contributed by atoms with Crippen molar-refractivity contribution >= 4 is 23.1 Å². The highest BCUT2D eigenvalue weighted by molar-refractivity contribution is 5.86. The zero-order valence-corrected chi connectivity index (χ0v) is 18.5. The van der Waals surface area contributed by atoms with Crippen LogP contribution in [0, 0.1) is 0 Å². The van der Waals surface area contributed by atoms with Crippen molar-refractivity contribution in [3.8, 4) is 11.5 Å². The van der Waals surface area contributed by atoms with E-state index in [1.54, 1.807) is 7.11 Å². The number of pyridine rings is 1. The summed E-state index contributed by atoms with van der Waals surface area (Å²) in [6.45, 7) is 12.7. The molecule has 0 saturated heterocycles. The first kappa shape index (κ1) is 20.9. The van der Waals surface area contributed by atoms with Crippen molar-refractivity contribution in [2.75, 3.05) is 7.11 Å². The zero-order valence-electron chi connectivity index (χ0n) is 18.5. The Labute approximate surface area is 174 Å². The van der Waals surface area contributed by atoms with Crippen LogP contribution >= 0.6 is 0 Å². The summed E-state index contributed by atoms with van der Waals surface area (Å²) in [6.07, 6.45) is 4.07. The van der Waals surface area contributed by atoms with E-state index in [0.29, 0.717) is 5.75 Å². The number of hydrogen-bond donors (Lipinski definition) is 1. The number of para-hydroxylation sites is 1. The fraction of sp³-hybridized carbons (Fsp3) is 0.346. The molecule has 0 saturated carbocycles. The number of ether oxygens (including phenoxy) is 1. The molecule has 29 heavy (non-hydrogen) atoms. The van der Waals surface area contributed by atoms with Gasteiger partial charge in [-0.3, -0.25) is 0 Å². The lowest BCUT2D eigenvalue weighted by Crippen LogP contribution is -2.17. The summed E-state index contributed by atoms with van der Waals surface area (Å²) >= 11 is 0. The average molecular weight is 390 g/mol. The van der Waals surface area contributed by atoms with Gasteiger partial charge in [0.25, 0.3) is 0 Å². The van der Waals surface area contributed by atoms with E-state index in [9.17, 15) is 5.11 Å². The maximum absolute atomic E-state index is 10.9. The topological polar surface area (TPSA) is 42.4 Å². The van der Waals surface area contributed by atoms with Crippen molar-refractivity contribution < 1.29 is 9.84 Å². The summed E-state index contributed by atoms with van der Waals surface area (Å²) in [6, 6.07) is 14.1. The van der Waals surface area contributed by atoms with Gasteiger partial charge in [0.05, 0.1) is 12.8 Å². The molecule has 0 unspecified atom stereocenters. The van der Waals surface area contributed by atoms with Gasteiger partial charge in [-0.1, -0.05) is 65.8 Å². The molecule has 152 valence electrons. The average Bonchev–Trinajstić information content (AvgIpc) is 2.64. The second-order valence-corrected chi connectivity index (χ2v) is 9.57. The van der Waals surface area contributed by atoms with Gasteiger partial charge in [0.2, 0.25) is 0 Å². The van der Waals surface area contributed by atoms with Crippen LogP contribution in [0.15, 0.2) is 42.5 Å². The minimum absolute atomic E-state index is 0.150. The first-order chi connectivity index (χ1) is 13.5. The SMILES string of the molecule is COc1cccc2ccc(/C=C/c3cc(C(C)(C)C)c(O)c(C(C)(C)C)c3)nc12. The Kier molecular flexibility index (Phi) is 5.44. The Bertz CT molecular complexity index is 1030. The molecule has 0 aliphatic carbocycles. The third-order valence-corrected chi connectivity index (χ3v) is 5.12. The van der Waals surface area contributed by atoms with E-state index in [0.717, 1.165) is 39.0 Å². The van der Waals surface area contributed by atoms with Gasteiger partial charge >= 0.3 is 0 Å². The second-order valence-electron chi connectivity index (χ2n) is 9.57. The summed E-state index contributed by atoms with van der Waals surface area (Å²) in [5.74, 6) is 1.17. The van der Waals surface area contributed by atoms with Crippen molar-refractivity contribution in [1.82, 2.24) is 4.98 Å². The summed E-state index contributed by atoms with van der Waals surface area (Å²) in [7, 11) is 1.66. The van der Waals surface area contributed by atoms with Crippen LogP contribution in [0.25, 0.3) is 23.1 Å². The first-order valence-electron chi connectivity index (χ1n) is 10.0. The highest BCUT2D eigenvalue weighted by Crippen LogP contribution is 2.40. The number of phenolic OH excluding ortho intramolecular Hbond substituents is 1. The van der Waals surface area contributed by atoms with Gasteiger partial charge in [-0.15, -0.1) is 0 Å². The fourth-order valence-corrected chi connectivity index (χ4v) is 3.47. The Morgan fingerprint density at radius 1 is 0.862 bits per heavy atom. The van der Waals surface area contributed by atoms with Crippen LogP contribution in [0.5, 0.6) is 11.5 Å². The van der Waals surface area contributed by atoms with Crippen LogP contribution in [-0.2, 0) is 10.8 Å². The molecule has 0 atom stereocenters. The number of rotatable bonds is 3. The quantitative estimate of drug-likeness (QED) is 0.541. The molecule has 0 radical (unpaired) electrons. The summed E-state index contributed by atoms with van der Waals surface area (Å²) in [5.41, 5.74) is 4.39. The Hall–Kier alpha value is -2.81. The Morgan fingerprint density at radius 2 is 1.48 bits per heavy atom. The molecule has 0 fully saturated rings. The van der Waals surface area contributed by atoms with Crippen molar-refractivity contribution in [3.63, 3.8) is 0 Å². The van der Waals surface area contributed by atoms with E-state index >= 15 is 0 Å². The molecular formula is C26H31NO2. The number of aromatic hydroxyl groups is 1. The van der Waals surface area contributed by atoms with Gasteiger partial charge in [-0.05, 0) is 46.7 Å². The predicted molar refractivity (Wildman–Crippen MR) is 123 cm³/mol. The van der Waals surface area contributed by atoms with Gasteiger partial charge in [0, 0.05) is 16.5 Å². The molecule has 0 aliphatic rings. The lowest BCUT2D eigenvalue weighted by Gasteiger charge is -2.27. The van der Waals surface area contributed by atoms with E-state index in [4.69, 9.17) is 9.72 Å². The van der Waals surface area contributed by atoms with Crippen LogP contribution in [0.2, 0.25) is 0 Å². The lowest BCUT2D eigenvalue weighted by atomic mass is 9.78. The molecule has 0 amide bonds. The molecule has 1 N–H and O–H groups in total. The standard InChI is InChI=1S/C26H31NO2/c1-25(2,3)20-15-17(16-21(24(20)28)26(4,5)6)11-13-19-14-12-18-9-8-10-22(29-7)23(18)27-19/h8-16,28H,1-7H3/b13-11+. The molecule has 1 heterocycles. The predicted octanol–water partition coefficient (Wildman–Crippen LogP) is 6.71. The van der Waals surface area contributed by atoms with E-state index in [2.05, 4.69) is 65.8 Å². The van der Waals surface area contributed by atoms with Crippen LogP contribution in [0.4, 0.5) is 0 Å². The number of benzene rings is 2. The molecular weight excluding hydrogens is 358 g/mol. The van der Waals surface area contributed by atoms with E-state index in [-0.39, 0.29) is 10.8 Å². The monoisotopic (exact) mass is 389 g/mol. The number of fused-ring (bicyclic) bond motifs is 1. The molecule has 3 heteroatoms. The Morgan fingerprint density at radius 3 is 2.03 bits per heavy atom. The maximum Gasteiger partial charge on any atom is 0.145 e. The summed E-state index contributed by atoms with van der Waals surface area (Å²) < 4.78 is 5.45. The molecule has 2 aromatic carbocycles. The molecule has 0 aliphatic heterocycles. The molecule has 3 rings (SSSR count). The molecule has 3 aromatic rings. The van der Waals surface area contributed by atoms with Gasteiger partial charge in [-0.2, -0.15) is 0 Å². The number of aromatic nitrogens is 1. The molecule has 1 aromatic heterocycles. The second kappa shape index (κ2) is 7.55. The summed E-state index contributed by atoms with van der Waals surface area (Å²) in [4.78, 5) is 4.76. The normalized spacial score (nSPS) is 12.7. The van der Waals surface area contributed by atoms with Gasteiger partial charge < -0.3 is 9.84 Å². The minimum atomic E-state index is -0.150. The minimum Gasteiger partial charge on any atom is -0.507 e. The number of hydrogen-bond acceptors (Lipinski definition) is 3. The van der Waals surface area contributed by atoms with Gasteiger partial charge in [-0.25, -0.2) is 4.98 Å². The van der Waals surface area contributed by atoms with Crippen LogP contribution < -0.4 is 4.74 Å². The fourth-order valence-electron chi connectivity index (χ4n) is 3.47. The highest BCUT2D eigenvalue weighted by atomic mass is 16.5. The third-order valence-electron chi connectivity index (χ3n) is 5.12. The summed E-state index contributed by atoms with van der Waals surface area (Å²) in [5, 5.41) is 11.9. The van der Waals surface area contributed by atoms with Crippen LogP contribution in [0.3, 0.4) is 0 Å². The lowest BCUT2D eigenvalue weighted by molar-refractivity contribution is 0.419. The van der Waals surface area contributed by atoms with Crippen molar-refractivity contribution in [2.24, 2.45) is 0 Å². The molecule has 0 bridgehead atoms. The number of methoxy groups -OCH3 is 1. The number of phenols is 1. The zero-order chi connectivity index (χ0) is 21.4. The Balaban J connectivity index is 2.08. The van der Waals surface area contributed by atoms with Gasteiger partial charge in [0.15, 0.2) is 0 Å². The van der Waals surface area contributed by atoms with Crippen LogP contribution in [-0.4, -0.2) is 17.2 Å². The largest absolute Gasteiger partial charge is 0.507 e. The first-order valence-corrected chi connectivity index (χ1v) is 10.0. The van der Waals surface area contributed by atoms with Crippen LogP contribution in [0.1, 0.15) is 63.9 Å². The van der Waals surface area contributed by atoms with Crippen molar-refractivity contribution in [2.45, 2.75) is 52.4 Å². The van der Waals surface area contributed by atoms with E-state index < -0.39 is 0 Å². The molecule has 3 nitrogen and oxygen atoms in total.